The molecule has 0 saturated carbocycles. The van der Waals surface area contributed by atoms with Crippen LogP contribution in [0, 0.1) is 0 Å². The Labute approximate surface area is 147 Å². The first-order valence-corrected chi connectivity index (χ1v) is 8.67. The van der Waals surface area contributed by atoms with E-state index in [-0.39, 0.29) is 0 Å². The second kappa shape index (κ2) is 7.16. The van der Waals surface area contributed by atoms with Gasteiger partial charge in [-0.2, -0.15) is 0 Å². The average molecular weight is 337 g/mol. The number of hydrogen-bond donors (Lipinski definition) is 2. The van der Waals surface area contributed by atoms with E-state index in [1.807, 2.05) is 30.6 Å². The van der Waals surface area contributed by atoms with E-state index in [9.17, 15) is 0 Å². The summed E-state index contributed by atoms with van der Waals surface area (Å²) in [5.74, 6) is 0.903. The van der Waals surface area contributed by atoms with Crippen LogP contribution in [0.5, 0.6) is 0 Å². The number of imidazole rings is 1. The standard InChI is InChI=1S/C18H23N7/c1-24-8-10-25(11-9-24)15-5-7-21-18-17(15)22-16(23-18)13-19-12-14-4-2-3-6-20-14/h2-7,19H,8-13H2,1H3,(H,21,22,23). The second-order valence-corrected chi connectivity index (χ2v) is 6.43. The Morgan fingerprint density at radius 3 is 2.72 bits per heavy atom. The highest BCUT2D eigenvalue weighted by Crippen LogP contribution is 2.24. The van der Waals surface area contributed by atoms with Crippen LogP contribution in [0.25, 0.3) is 11.2 Å². The number of nitrogens with zero attached hydrogens (tertiary/aromatic N) is 5. The SMILES string of the molecule is CN1CCN(c2ccnc3nc(CNCc4ccccn4)[nH]c23)CC1. The minimum absolute atomic E-state index is 0.662. The second-order valence-electron chi connectivity index (χ2n) is 6.43. The van der Waals surface area contributed by atoms with Gasteiger partial charge in [0.1, 0.15) is 11.3 Å². The van der Waals surface area contributed by atoms with Crippen molar-refractivity contribution in [2.75, 3.05) is 38.1 Å². The maximum Gasteiger partial charge on any atom is 0.179 e. The first kappa shape index (κ1) is 16.0. The van der Waals surface area contributed by atoms with E-state index < -0.39 is 0 Å². The predicted octanol–water partition coefficient (Wildman–Crippen LogP) is 1.39. The fraction of sp³-hybridized carbons (Fsp3) is 0.389. The molecule has 4 heterocycles. The fourth-order valence-corrected chi connectivity index (χ4v) is 3.15. The molecule has 3 aromatic heterocycles. The zero-order valence-corrected chi connectivity index (χ0v) is 14.4. The van der Waals surface area contributed by atoms with Crippen molar-refractivity contribution in [1.29, 1.82) is 0 Å². The van der Waals surface area contributed by atoms with Crippen LogP contribution in [-0.4, -0.2) is 58.1 Å². The fourth-order valence-electron chi connectivity index (χ4n) is 3.15. The van der Waals surface area contributed by atoms with Crippen molar-refractivity contribution in [2.24, 2.45) is 0 Å². The van der Waals surface area contributed by atoms with Gasteiger partial charge in [0, 0.05) is 45.1 Å². The highest BCUT2D eigenvalue weighted by atomic mass is 15.3. The lowest BCUT2D eigenvalue weighted by Crippen LogP contribution is -2.44. The highest BCUT2D eigenvalue weighted by molar-refractivity contribution is 5.86. The molecule has 3 aromatic rings. The number of hydrogen-bond acceptors (Lipinski definition) is 6. The number of aromatic nitrogens is 4. The van der Waals surface area contributed by atoms with Crippen molar-refractivity contribution in [3.63, 3.8) is 0 Å². The summed E-state index contributed by atoms with van der Waals surface area (Å²) in [5, 5.41) is 3.38. The minimum atomic E-state index is 0.662. The summed E-state index contributed by atoms with van der Waals surface area (Å²) in [6.07, 6.45) is 3.66. The third kappa shape index (κ3) is 3.62. The van der Waals surface area contributed by atoms with Gasteiger partial charge in [-0.05, 0) is 25.2 Å². The molecule has 0 aromatic carbocycles. The number of aromatic amines is 1. The van der Waals surface area contributed by atoms with E-state index in [1.54, 1.807) is 0 Å². The molecule has 7 heteroatoms. The van der Waals surface area contributed by atoms with Crippen molar-refractivity contribution >= 4 is 16.9 Å². The first-order valence-electron chi connectivity index (χ1n) is 8.67. The molecule has 25 heavy (non-hydrogen) atoms. The van der Waals surface area contributed by atoms with Gasteiger partial charge in [0.25, 0.3) is 0 Å². The Morgan fingerprint density at radius 1 is 1.04 bits per heavy atom. The number of likely N-dealkylation sites (N-methyl/N-ethyl adjacent to an activating group) is 1. The molecule has 0 aliphatic carbocycles. The number of pyridine rings is 2. The van der Waals surface area contributed by atoms with Crippen molar-refractivity contribution in [3.8, 4) is 0 Å². The van der Waals surface area contributed by atoms with Crippen LogP contribution in [0.15, 0.2) is 36.7 Å². The van der Waals surface area contributed by atoms with Crippen LogP contribution < -0.4 is 10.2 Å². The van der Waals surface area contributed by atoms with E-state index in [1.165, 1.54) is 5.69 Å². The van der Waals surface area contributed by atoms with Gasteiger partial charge in [0.2, 0.25) is 0 Å². The summed E-state index contributed by atoms with van der Waals surface area (Å²) in [6.45, 7) is 5.60. The largest absolute Gasteiger partial charge is 0.367 e. The Balaban J connectivity index is 1.47. The minimum Gasteiger partial charge on any atom is -0.367 e. The number of rotatable bonds is 5. The summed E-state index contributed by atoms with van der Waals surface area (Å²) in [4.78, 5) is 21.6. The van der Waals surface area contributed by atoms with Crippen molar-refractivity contribution < 1.29 is 0 Å². The molecule has 1 aliphatic rings. The smallest absolute Gasteiger partial charge is 0.179 e. The van der Waals surface area contributed by atoms with Gasteiger partial charge in [-0.25, -0.2) is 9.97 Å². The quantitative estimate of drug-likeness (QED) is 0.733. The average Bonchev–Trinajstić information content (AvgIpc) is 3.06. The normalized spacial score (nSPS) is 15.8. The summed E-state index contributed by atoms with van der Waals surface area (Å²) < 4.78 is 0. The number of nitrogens with one attached hydrogen (secondary N) is 2. The molecule has 0 bridgehead atoms. The van der Waals surface area contributed by atoms with Crippen LogP contribution in [0.3, 0.4) is 0 Å². The van der Waals surface area contributed by atoms with Gasteiger partial charge < -0.3 is 20.1 Å². The molecule has 4 rings (SSSR count). The Kier molecular flexibility index (Phi) is 4.58. The van der Waals surface area contributed by atoms with E-state index in [0.717, 1.165) is 55.4 Å². The predicted molar refractivity (Wildman–Crippen MR) is 98.4 cm³/mol. The van der Waals surface area contributed by atoms with E-state index in [2.05, 4.69) is 48.2 Å². The molecule has 0 amide bonds. The highest BCUT2D eigenvalue weighted by Gasteiger charge is 2.18. The van der Waals surface area contributed by atoms with Gasteiger partial charge in [-0.15, -0.1) is 0 Å². The van der Waals surface area contributed by atoms with Gasteiger partial charge in [-0.1, -0.05) is 6.07 Å². The third-order valence-corrected chi connectivity index (χ3v) is 4.59. The molecule has 0 spiro atoms. The lowest BCUT2D eigenvalue weighted by molar-refractivity contribution is 0.313. The molecular formula is C18H23N7. The molecule has 0 radical (unpaired) electrons. The third-order valence-electron chi connectivity index (χ3n) is 4.59. The van der Waals surface area contributed by atoms with Gasteiger partial charge in [0.05, 0.1) is 17.9 Å². The maximum atomic E-state index is 4.63. The van der Waals surface area contributed by atoms with Gasteiger partial charge >= 0.3 is 0 Å². The molecule has 0 unspecified atom stereocenters. The van der Waals surface area contributed by atoms with Crippen LogP contribution in [-0.2, 0) is 13.1 Å². The Morgan fingerprint density at radius 2 is 1.92 bits per heavy atom. The number of anilines is 1. The van der Waals surface area contributed by atoms with Gasteiger partial charge in [0.15, 0.2) is 5.65 Å². The van der Waals surface area contributed by atoms with Gasteiger partial charge in [-0.3, -0.25) is 4.98 Å². The molecule has 0 atom stereocenters. The Hall–Kier alpha value is -2.51. The van der Waals surface area contributed by atoms with Crippen molar-refractivity contribution in [1.82, 2.24) is 30.2 Å². The summed E-state index contributed by atoms with van der Waals surface area (Å²) in [5.41, 5.74) is 4.03. The number of fused-ring (bicyclic) bond motifs is 1. The molecular weight excluding hydrogens is 314 g/mol. The molecule has 1 fully saturated rings. The summed E-state index contributed by atoms with van der Waals surface area (Å²) in [7, 11) is 2.17. The molecule has 7 nitrogen and oxygen atoms in total. The molecule has 1 saturated heterocycles. The van der Waals surface area contributed by atoms with Crippen LogP contribution in [0.1, 0.15) is 11.5 Å². The zero-order valence-electron chi connectivity index (χ0n) is 14.4. The van der Waals surface area contributed by atoms with Crippen LogP contribution >= 0.6 is 0 Å². The number of piperazine rings is 1. The van der Waals surface area contributed by atoms with Crippen molar-refractivity contribution in [3.05, 3.63) is 48.2 Å². The van der Waals surface area contributed by atoms with Crippen molar-refractivity contribution in [2.45, 2.75) is 13.1 Å². The monoisotopic (exact) mass is 337 g/mol. The number of H-pyrrole nitrogens is 1. The Bertz CT molecular complexity index is 822. The van der Waals surface area contributed by atoms with E-state index in [0.29, 0.717) is 6.54 Å². The lowest BCUT2D eigenvalue weighted by Gasteiger charge is -2.34. The van der Waals surface area contributed by atoms with E-state index >= 15 is 0 Å². The summed E-state index contributed by atoms with van der Waals surface area (Å²) >= 11 is 0. The topological polar surface area (TPSA) is 73.0 Å². The van der Waals surface area contributed by atoms with Crippen LogP contribution in [0.4, 0.5) is 5.69 Å². The lowest BCUT2D eigenvalue weighted by atomic mass is 10.2. The van der Waals surface area contributed by atoms with E-state index in [4.69, 9.17) is 0 Å². The molecule has 1 aliphatic heterocycles. The summed E-state index contributed by atoms with van der Waals surface area (Å²) in [6, 6.07) is 8.02. The first-order chi connectivity index (χ1) is 12.3. The maximum absolute atomic E-state index is 4.63. The zero-order chi connectivity index (χ0) is 17.1. The molecule has 130 valence electrons. The van der Waals surface area contributed by atoms with Crippen LogP contribution in [0.2, 0.25) is 0 Å². The molecule has 2 N–H and O–H groups in total.